The number of aliphatic hydroxyl groups excluding tert-OH is 1. The van der Waals surface area contributed by atoms with Gasteiger partial charge in [0.1, 0.15) is 12.1 Å². The molecule has 0 aromatic carbocycles. The number of hydrogen-bond acceptors (Lipinski definition) is 4. The second-order valence-electron chi connectivity index (χ2n) is 4.52. The Morgan fingerprint density at radius 1 is 1.37 bits per heavy atom. The summed E-state index contributed by atoms with van der Waals surface area (Å²) in [6.45, 7) is 1.36. The Morgan fingerprint density at radius 3 is 2.58 bits per heavy atom. The van der Waals surface area contributed by atoms with E-state index < -0.39 is 12.1 Å². The number of likely N-dealkylation sites (tertiary alicyclic amines) is 1. The lowest BCUT2D eigenvalue weighted by atomic mass is 10.0. The molecule has 0 unspecified atom stereocenters. The number of pyridine rings is 1. The molecule has 102 valence electrons. The molecule has 2 heterocycles. The second-order valence-corrected chi connectivity index (χ2v) is 4.52. The van der Waals surface area contributed by atoms with Gasteiger partial charge in [-0.1, -0.05) is 0 Å². The van der Waals surface area contributed by atoms with Crippen LogP contribution in [0.3, 0.4) is 0 Å². The van der Waals surface area contributed by atoms with Crippen LogP contribution in [0.25, 0.3) is 0 Å². The minimum Gasteiger partial charge on any atom is -0.386 e. The number of carbonyl (C=O) groups is 2. The molecule has 2 amide bonds. The molecule has 1 fully saturated rings. The number of carbonyl (C=O) groups excluding carboxylic acids is 2. The van der Waals surface area contributed by atoms with E-state index in [4.69, 9.17) is 0 Å². The van der Waals surface area contributed by atoms with E-state index in [1.165, 1.54) is 12.4 Å². The van der Waals surface area contributed by atoms with Gasteiger partial charge in [0.15, 0.2) is 0 Å². The molecule has 1 aromatic heterocycles. The predicted octanol–water partition coefficient (Wildman–Crippen LogP) is -0.148. The first kappa shape index (κ1) is 13.5. The van der Waals surface area contributed by atoms with E-state index in [-0.39, 0.29) is 5.91 Å². The number of hydrogen-bond donors (Lipinski definition) is 2. The number of nitrogens with one attached hydrogen (secondary N) is 1. The summed E-state index contributed by atoms with van der Waals surface area (Å²) < 4.78 is 0. The number of aromatic nitrogens is 1. The van der Waals surface area contributed by atoms with Crippen LogP contribution in [0.2, 0.25) is 0 Å². The van der Waals surface area contributed by atoms with Crippen molar-refractivity contribution < 1.29 is 14.7 Å². The van der Waals surface area contributed by atoms with Gasteiger partial charge in [0.25, 0.3) is 0 Å². The zero-order chi connectivity index (χ0) is 13.7. The lowest BCUT2D eigenvalue weighted by molar-refractivity contribution is -0.137. The molecule has 0 saturated carbocycles. The Morgan fingerprint density at radius 2 is 2.00 bits per heavy atom. The summed E-state index contributed by atoms with van der Waals surface area (Å²) in [4.78, 5) is 28.5. The van der Waals surface area contributed by atoms with Gasteiger partial charge in [-0.05, 0) is 30.5 Å². The van der Waals surface area contributed by atoms with Crippen molar-refractivity contribution >= 4 is 12.3 Å². The molecule has 2 rings (SSSR count). The van der Waals surface area contributed by atoms with Gasteiger partial charge in [0, 0.05) is 25.5 Å². The number of rotatable bonds is 5. The van der Waals surface area contributed by atoms with E-state index in [0.29, 0.717) is 25.1 Å². The number of aliphatic hydroxyl groups is 1. The third kappa shape index (κ3) is 3.08. The molecular formula is C13H17N3O3. The molecule has 1 aliphatic heterocycles. The minimum atomic E-state index is -1.07. The van der Waals surface area contributed by atoms with Crippen molar-refractivity contribution in [2.75, 3.05) is 13.1 Å². The van der Waals surface area contributed by atoms with Crippen LogP contribution >= 0.6 is 0 Å². The van der Waals surface area contributed by atoms with Crippen molar-refractivity contribution in [1.82, 2.24) is 15.2 Å². The van der Waals surface area contributed by atoms with E-state index in [0.717, 1.165) is 12.8 Å². The lowest BCUT2D eigenvalue weighted by Crippen LogP contribution is -2.48. The first-order valence-corrected chi connectivity index (χ1v) is 6.30. The summed E-state index contributed by atoms with van der Waals surface area (Å²) in [7, 11) is 0. The molecule has 1 aliphatic rings. The van der Waals surface area contributed by atoms with E-state index in [1.807, 2.05) is 0 Å². The Balaban J connectivity index is 2.14. The van der Waals surface area contributed by atoms with Crippen molar-refractivity contribution in [3.05, 3.63) is 30.1 Å². The fraction of sp³-hybridized carbons (Fsp3) is 0.462. The van der Waals surface area contributed by atoms with Crippen LogP contribution in [-0.4, -0.2) is 46.4 Å². The zero-order valence-electron chi connectivity index (χ0n) is 10.5. The van der Waals surface area contributed by atoms with Crippen LogP contribution < -0.4 is 5.32 Å². The highest BCUT2D eigenvalue weighted by molar-refractivity contribution is 5.84. The first-order valence-electron chi connectivity index (χ1n) is 6.30. The summed E-state index contributed by atoms with van der Waals surface area (Å²) in [5, 5.41) is 12.7. The van der Waals surface area contributed by atoms with Crippen LogP contribution in [0.5, 0.6) is 0 Å². The quantitative estimate of drug-likeness (QED) is 0.724. The maximum Gasteiger partial charge on any atom is 0.248 e. The molecule has 1 aromatic rings. The van der Waals surface area contributed by atoms with Crippen molar-refractivity contribution in [3.63, 3.8) is 0 Å². The lowest BCUT2D eigenvalue weighted by Gasteiger charge is -2.26. The van der Waals surface area contributed by atoms with Gasteiger partial charge >= 0.3 is 0 Å². The van der Waals surface area contributed by atoms with Crippen molar-refractivity contribution in [2.24, 2.45) is 0 Å². The van der Waals surface area contributed by atoms with Gasteiger partial charge in [0.2, 0.25) is 12.3 Å². The SMILES string of the molecule is O=CN[C@@H](C(=O)N1CCCC1)[C@@H](O)c1ccncc1. The Labute approximate surface area is 111 Å². The molecule has 0 spiro atoms. The number of nitrogens with zero attached hydrogens (tertiary/aromatic N) is 2. The van der Waals surface area contributed by atoms with Crippen LogP contribution in [0, 0.1) is 0 Å². The summed E-state index contributed by atoms with van der Waals surface area (Å²) in [6.07, 6.45) is 4.38. The van der Waals surface area contributed by atoms with E-state index in [1.54, 1.807) is 17.0 Å². The third-order valence-electron chi connectivity index (χ3n) is 3.29. The van der Waals surface area contributed by atoms with Crippen molar-refractivity contribution in [3.8, 4) is 0 Å². The Kier molecular flexibility index (Phi) is 4.46. The maximum absolute atomic E-state index is 12.3. The highest BCUT2D eigenvalue weighted by Gasteiger charge is 2.32. The van der Waals surface area contributed by atoms with Gasteiger partial charge in [0.05, 0.1) is 0 Å². The summed E-state index contributed by atoms with van der Waals surface area (Å²) in [5.74, 6) is -0.242. The molecule has 0 bridgehead atoms. The Bertz CT molecular complexity index is 432. The van der Waals surface area contributed by atoms with Crippen LogP contribution in [0.15, 0.2) is 24.5 Å². The van der Waals surface area contributed by atoms with Crippen LogP contribution in [0.1, 0.15) is 24.5 Å². The average molecular weight is 263 g/mol. The third-order valence-corrected chi connectivity index (χ3v) is 3.29. The van der Waals surface area contributed by atoms with Crippen molar-refractivity contribution in [2.45, 2.75) is 25.0 Å². The summed E-state index contributed by atoms with van der Waals surface area (Å²) >= 11 is 0. The standard InChI is InChI=1S/C13H17N3O3/c17-9-15-11(13(19)16-7-1-2-8-16)12(18)10-3-5-14-6-4-10/h3-6,9,11-12,18H,1-2,7-8H2,(H,15,17)/t11-,12+/m1/s1. The molecular weight excluding hydrogens is 246 g/mol. The normalized spacial score (nSPS) is 17.8. The molecule has 0 aliphatic carbocycles. The molecule has 19 heavy (non-hydrogen) atoms. The van der Waals surface area contributed by atoms with Crippen LogP contribution in [0.4, 0.5) is 0 Å². The van der Waals surface area contributed by atoms with Gasteiger partial charge in [-0.2, -0.15) is 0 Å². The smallest absolute Gasteiger partial charge is 0.248 e. The maximum atomic E-state index is 12.3. The van der Waals surface area contributed by atoms with Crippen LogP contribution in [-0.2, 0) is 9.59 Å². The topological polar surface area (TPSA) is 82.5 Å². The van der Waals surface area contributed by atoms with Gasteiger partial charge < -0.3 is 15.3 Å². The highest BCUT2D eigenvalue weighted by Crippen LogP contribution is 2.19. The molecule has 6 heteroatoms. The number of amides is 2. The fourth-order valence-electron chi connectivity index (χ4n) is 2.26. The molecule has 0 radical (unpaired) electrons. The average Bonchev–Trinajstić information content (AvgIpc) is 2.98. The predicted molar refractivity (Wildman–Crippen MR) is 68.0 cm³/mol. The molecule has 2 atom stereocenters. The van der Waals surface area contributed by atoms with E-state index >= 15 is 0 Å². The minimum absolute atomic E-state index is 0.242. The zero-order valence-corrected chi connectivity index (χ0v) is 10.5. The van der Waals surface area contributed by atoms with E-state index in [9.17, 15) is 14.7 Å². The summed E-state index contributed by atoms with van der Waals surface area (Å²) in [6, 6.07) is 2.31. The Hall–Kier alpha value is -1.95. The highest BCUT2D eigenvalue weighted by atomic mass is 16.3. The second kappa shape index (κ2) is 6.29. The largest absolute Gasteiger partial charge is 0.386 e. The van der Waals surface area contributed by atoms with Gasteiger partial charge in [-0.3, -0.25) is 14.6 Å². The molecule has 2 N–H and O–H groups in total. The van der Waals surface area contributed by atoms with Crippen molar-refractivity contribution in [1.29, 1.82) is 0 Å². The van der Waals surface area contributed by atoms with Gasteiger partial charge in [-0.25, -0.2) is 0 Å². The fourth-order valence-corrected chi connectivity index (χ4v) is 2.26. The monoisotopic (exact) mass is 263 g/mol. The molecule has 1 saturated heterocycles. The van der Waals surface area contributed by atoms with E-state index in [2.05, 4.69) is 10.3 Å². The first-order chi connectivity index (χ1) is 9.24. The van der Waals surface area contributed by atoms with Gasteiger partial charge in [-0.15, -0.1) is 0 Å². The molecule has 6 nitrogen and oxygen atoms in total. The summed E-state index contributed by atoms with van der Waals surface area (Å²) in [5.41, 5.74) is 0.557.